The first-order valence-corrected chi connectivity index (χ1v) is 8.29. The highest BCUT2D eigenvalue weighted by atomic mass is 19.2. The lowest BCUT2D eigenvalue weighted by molar-refractivity contribution is -0.862. The number of hydrogen-bond donors (Lipinski definition) is 3. The molecule has 0 saturated carbocycles. The van der Waals surface area contributed by atoms with Crippen LogP contribution in [0.1, 0.15) is 11.1 Å². The molecule has 2 rings (SSSR count). The molecule has 27 heavy (non-hydrogen) atoms. The van der Waals surface area contributed by atoms with E-state index in [9.17, 15) is 22.8 Å². The quantitative estimate of drug-likeness (QED) is 0.670. The highest BCUT2D eigenvalue weighted by Crippen LogP contribution is 2.20. The molecule has 0 aliphatic carbocycles. The van der Waals surface area contributed by atoms with Crippen LogP contribution in [0.4, 0.5) is 24.5 Å². The highest BCUT2D eigenvalue weighted by molar-refractivity contribution is 5.94. The van der Waals surface area contributed by atoms with E-state index < -0.39 is 29.0 Å². The Labute approximate surface area is 155 Å². The zero-order valence-corrected chi connectivity index (χ0v) is 15.3. The van der Waals surface area contributed by atoms with Crippen LogP contribution >= 0.6 is 0 Å². The molecule has 8 heteroatoms. The second-order valence-electron chi connectivity index (χ2n) is 6.40. The topological polar surface area (TPSA) is 62.6 Å². The number of likely N-dealkylation sites (N-methyl/N-ethyl adjacent to an activating group) is 1. The fraction of sp³-hybridized carbons (Fsp3) is 0.263. The molecule has 0 aliphatic heterocycles. The van der Waals surface area contributed by atoms with Gasteiger partial charge in [0, 0.05) is 5.69 Å². The molecule has 0 fully saturated rings. The van der Waals surface area contributed by atoms with Crippen molar-refractivity contribution in [1.82, 2.24) is 0 Å². The molecule has 0 radical (unpaired) electrons. The summed E-state index contributed by atoms with van der Waals surface area (Å²) in [4.78, 5) is 24.7. The Morgan fingerprint density at radius 1 is 0.889 bits per heavy atom. The predicted molar refractivity (Wildman–Crippen MR) is 96.1 cm³/mol. The molecule has 0 aromatic heterocycles. The smallest absolute Gasteiger partial charge is 0.279 e. The number of amides is 2. The van der Waals surface area contributed by atoms with Crippen molar-refractivity contribution in [1.29, 1.82) is 0 Å². The number of benzene rings is 2. The van der Waals surface area contributed by atoms with Crippen LogP contribution in [0.15, 0.2) is 30.3 Å². The lowest BCUT2D eigenvalue weighted by atomic mass is 10.1. The number of halogens is 3. The van der Waals surface area contributed by atoms with Gasteiger partial charge in [0.2, 0.25) is 0 Å². The summed E-state index contributed by atoms with van der Waals surface area (Å²) in [6, 6.07) is 7.31. The van der Waals surface area contributed by atoms with E-state index >= 15 is 0 Å². The van der Waals surface area contributed by atoms with Gasteiger partial charge in [-0.2, -0.15) is 0 Å². The predicted octanol–water partition coefficient (Wildman–Crippen LogP) is 1.81. The van der Waals surface area contributed by atoms with Gasteiger partial charge in [0.05, 0.1) is 12.7 Å². The van der Waals surface area contributed by atoms with Crippen LogP contribution in [0.25, 0.3) is 0 Å². The standard InChI is InChI=1S/C19H20F3N3O2/c1-11-5-4-6-12(2)19(11)24-16(27)10-25(3)9-15(26)23-14-8-7-13(20)17(21)18(14)22/h4-8H,9-10H2,1-3H3,(H,23,26)(H,24,27)/p+1. The molecule has 2 aromatic carbocycles. The van der Waals surface area contributed by atoms with Gasteiger partial charge in [0.15, 0.2) is 30.5 Å². The first kappa shape index (κ1) is 20.4. The average Bonchev–Trinajstić information content (AvgIpc) is 2.58. The van der Waals surface area contributed by atoms with E-state index in [1.807, 2.05) is 32.0 Å². The summed E-state index contributed by atoms with van der Waals surface area (Å²) in [6.07, 6.45) is 0. The third-order valence-electron chi connectivity index (χ3n) is 3.98. The number of quaternary nitrogens is 1. The maximum Gasteiger partial charge on any atom is 0.279 e. The van der Waals surface area contributed by atoms with Crippen molar-refractivity contribution in [3.05, 3.63) is 58.9 Å². The summed E-state index contributed by atoms with van der Waals surface area (Å²) in [5.41, 5.74) is 2.12. The molecule has 5 nitrogen and oxygen atoms in total. The summed E-state index contributed by atoms with van der Waals surface area (Å²) in [5, 5.41) is 4.99. The third-order valence-corrected chi connectivity index (χ3v) is 3.98. The lowest BCUT2D eigenvalue weighted by Crippen LogP contribution is -3.11. The van der Waals surface area contributed by atoms with E-state index in [0.717, 1.165) is 28.9 Å². The highest BCUT2D eigenvalue weighted by Gasteiger charge is 2.19. The zero-order chi connectivity index (χ0) is 20.1. The first-order valence-electron chi connectivity index (χ1n) is 8.29. The molecule has 1 atom stereocenters. The number of anilines is 2. The maximum absolute atomic E-state index is 13.6. The molecule has 0 heterocycles. The Morgan fingerprint density at radius 3 is 2.04 bits per heavy atom. The summed E-state index contributed by atoms with van der Waals surface area (Å²) in [7, 11) is 1.62. The van der Waals surface area contributed by atoms with Crippen LogP contribution in [0, 0.1) is 31.3 Å². The van der Waals surface area contributed by atoms with Gasteiger partial charge >= 0.3 is 0 Å². The number of aryl methyl sites for hydroxylation is 2. The summed E-state index contributed by atoms with van der Waals surface area (Å²) < 4.78 is 39.7. The fourth-order valence-electron chi connectivity index (χ4n) is 2.62. The molecule has 0 saturated heterocycles. The number of rotatable bonds is 6. The normalized spacial score (nSPS) is 11.8. The van der Waals surface area contributed by atoms with E-state index in [4.69, 9.17) is 0 Å². The molecule has 1 unspecified atom stereocenters. The monoisotopic (exact) mass is 380 g/mol. The first-order chi connectivity index (χ1) is 12.7. The summed E-state index contributed by atoms with van der Waals surface area (Å²) >= 11 is 0. The number of para-hydroxylation sites is 1. The van der Waals surface area contributed by atoms with E-state index in [1.54, 1.807) is 7.05 Å². The van der Waals surface area contributed by atoms with Crippen LogP contribution < -0.4 is 15.5 Å². The molecule has 2 amide bonds. The number of carbonyl (C=O) groups excluding carboxylic acids is 2. The minimum absolute atomic E-state index is 0.00144. The van der Waals surface area contributed by atoms with Crippen molar-refractivity contribution in [3.63, 3.8) is 0 Å². The lowest BCUT2D eigenvalue weighted by Gasteiger charge is -2.15. The van der Waals surface area contributed by atoms with Crippen molar-refractivity contribution in [2.75, 3.05) is 30.8 Å². The van der Waals surface area contributed by atoms with Gasteiger partial charge in [0.25, 0.3) is 11.8 Å². The minimum atomic E-state index is -1.65. The number of nitrogens with one attached hydrogen (secondary N) is 3. The molecule has 0 aliphatic rings. The van der Waals surface area contributed by atoms with E-state index in [1.165, 1.54) is 0 Å². The van der Waals surface area contributed by atoms with Crippen LogP contribution in [-0.2, 0) is 9.59 Å². The third kappa shape index (κ3) is 5.30. The van der Waals surface area contributed by atoms with Crippen molar-refractivity contribution in [2.24, 2.45) is 0 Å². The molecule has 0 spiro atoms. The minimum Gasteiger partial charge on any atom is -0.322 e. The van der Waals surface area contributed by atoms with Gasteiger partial charge < -0.3 is 15.5 Å². The van der Waals surface area contributed by atoms with Gasteiger partial charge in [-0.1, -0.05) is 18.2 Å². The van der Waals surface area contributed by atoms with Crippen molar-refractivity contribution >= 4 is 23.2 Å². The van der Waals surface area contributed by atoms with Crippen LogP contribution in [0.2, 0.25) is 0 Å². The van der Waals surface area contributed by atoms with Gasteiger partial charge in [-0.15, -0.1) is 0 Å². The van der Waals surface area contributed by atoms with Crippen molar-refractivity contribution in [2.45, 2.75) is 13.8 Å². The second-order valence-corrected chi connectivity index (χ2v) is 6.40. The molecule has 0 bridgehead atoms. The number of carbonyl (C=O) groups is 2. The Morgan fingerprint density at radius 2 is 1.44 bits per heavy atom. The van der Waals surface area contributed by atoms with Gasteiger partial charge in [-0.25, -0.2) is 13.2 Å². The molecular weight excluding hydrogens is 359 g/mol. The Hall–Kier alpha value is -2.87. The van der Waals surface area contributed by atoms with Gasteiger partial charge in [-0.3, -0.25) is 9.59 Å². The van der Waals surface area contributed by atoms with Crippen molar-refractivity contribution < 1.29 is 27.7 Å². The molecule has 144 valence electrons. The molecule has 3 N–H and O–H groups in total. The van der Waals surface area contributed by atoms with Crippen LogP contribution in [-0.4, -0.2) is 32.0 Å². The van der Waals surface area contributed by atoms with Crippen LogP contribution in [0.5, 0.6) is 0 Å². The Kier molecular flexibility index (Phi) is 6.57. The van der Waals surface area contributed by atoms with E-state index in [2.05, 4.69) is 10.6 Å². The fourth-order valence-corrected chi connectivity index (χ4v) is 2.62. The average molecular weight is 380 g/mol. The van der Waals surface area contributed by atoms with Crippen molar-refractivity contribution in [3.8, 4) is 0 Å². The molecule has 2 aromatic rings. The Bertz CT molecular complexity index is 851. The number of hydrogen-bond acceptors (Lipinski definition) is 2. The van der Waals surface area contributed by atoms with Gasteiger partial charge in [-0.05, 0) is 37.1 Å². The van der Waals surface area contributed by atoms with E-state index in [-0.39, 0.29) is 19.0 Å². The molecular formula is C19H21F3N3O2+. The van der Waals surface area contributed by atoms with E-state index in [0.29, 0.717) is 4.90 Å². The van der Waals surface area contributed by atoms with Crippen LogP contribution in [0.3, 0.4) is 0 Å². The zero-order valence-electron chi connectivity index (χ0n) is 15.3. The Balaban J connectivity index is 1.91. The largest absolute Gasteiger partial charge is 0.322 e. The summed E-state index contributed by atoms with van der Waals surface area (Å²) in [6.45, 7) is 3.60. The maximum atomic E-state index is 13.6. The SMILES string of the molecule is Cc1cccc(C)c1NC(=O)C[NH+](C)CC(=O)Nc1ccc(F)c(F)c1F. The summed E-state index contributed by atoms with van der Waals surface area (Å²) in [5.74, 6) is -5.36. The second kappa shape index (κ2) is 8.68. The van der Waals surface area contributed by atoms with Gasteiger partial charge in [0.1, 0.15) is 0 Å².